The van der Waals surface area contributed by atoms with Gasteiger partial charge in [-0.3, -0.25) is 4.99 Å². The van der Waals surface area contributed by atoms with Gasteiger partial charge in [0, 0.05) is 35.8 Å². The fourth-order valence-electron chi connectivity index (χ4n) is 2.57. The molecule has 0 heterocycles. The molecule has 1 aliphatic rings. The zero-order chi connectivity index (χ0) is 16.5. The van der Waals surface area contributed by atoms with Gasteiger partial charge in [0.05, 0.1) is 5.70 Å². The van der Waals surface area contributed by atoms with E-state index in [4.69, 9.17) is 12.2 Å². The van der Waals surface area contributed by atoms with Crippen LogP contribution in [0.2, 0.25) is 0 Å². The number of likely N-dealkylation sites (N-methyl/N-ethyl adjacent to an activating group) is 1. The van der Waals surface area contributed by atoms with Crippen molar-refractivity contribution >= 4 is 35.6 Å². The van der Waals surface area contributed by atoms with Crippen molar-refractivity contribution < 1.29 is 0 Å². The molecule has 0 aliphatic heterocycles. The molecule has 1 unspecified atom stereocenters. The standard InChI is InChI=1S/C17H27N3S2/c1-6-13-7-14(9-18-3)15(8-16(13)19-4)10-22-11-17(20-5)12(2)21/h8,11,13,18-19H,5-7,9-10H2,1-4H3/b17-11-. The van der Waals surface area contributed by atoms with E-state index in [2.05, 4.69) is 35.3 Å². The topological polar surface area (TPSA) is 36.4 Å². The van der Waals surface area contributed by atoms with Crippen molar-refractivity contribution in [3.8, 4) is 0 Å². The van der Waals surface area contributed by atoms with E-state index in [0.717, 1.165) is 35.7 Å². The molecule has 0 saturated carbocycles. The van der Waals surface area contributed by atoms with Gasteiger partial charge in [-0.25, -0.2) is 0 Å². The van der Waals surface area contributed by atoms with Crippen LogP contribution in [0.15, 0.2) is 39.0 Å². The number of nitrogens with zero attached hydrogens (tertiary/aromatic N) is 1. The van der Waals surface area contributed by atoms with E-state index < -0.39 is 0 Å². The van der Waals surface area contributed by atoms with E-state index in [1.807, 2.05) is 26.4 Å². The molecule has 0 amide bonds. The van der Waals surface area contributed by atoms with Gasteiger partial charge < -0.3 is 10.6 Å². The van der Waals surface area contributed by atoms with Crippen LogP contribution in [0.5, 0.6) is 0 Å². The lowest BCUT2D eigenvalue weighted by Crippen LogP contribution is -2.24. The summed E-state index contributed by atoms with van der Waals surface area (Å²) < 4.78 is 0. The normalized spacial score (nSPS) is 19.0. The van der Waals surface area contributed by atoms with Crippen LogP contribution in [0, 0.1) is 5.92 Å². The van der Waals surface area contributed by atoms with E-state index in [9.17, 15) is 0 Å². The Hall–Kier alpha value is -0.910. The maximum atomic E-state index is 5.16. The minimum absolute atomic E-state index is 0.603. The molecule has 0 aromatic heterocycles. The zero-order valence-electron chi connectivity index (χ0n) is 14.0. The summed E-state index contributed by atoms with van der Waals surface area (Å²) in [6.07, 6.45) is 4.60. The van der Waals surface area contributed by atoms with Crippen LogP contribution in [0.1, 0.15) is 26.7 Å². The largest absolute Gasteiger partial charge is 0.391 e. The fraction of sp³-hybridized carbons (Fsp3) is 0.529. The van der Waals surface area contributed by atoms with Crippen molar-refractivity contribution in [3.63, 3.8) is 0 Å². The number of rotatable bonds is 9. The molecule has 0 aromatic rings. The summed E-state index contributed by atoms with van der Waals surface area (Å²) in [6.45, 7) is 8.65. The Morgan fingerprint density at radius 2 is 2.27 bits per heavy atom. The average Bonchev–Trinajstić information content (AvgIpc) is 2.51. The molecular weight excluding hydrogens is 310 g/mol. The first-order chi connectivity index (χ1) is 10.6. The summed E-state index contributed by atoms with van der Waals surface area (Å²) in [5, 5.41) is 8.66. The second kappa shape index (κ2) is 9.98. The number of thiocarbonyl (C=S) groups is 1. The summed E-state index contributed by atoms with van der Waals surface area (Å²) in [6, 6.07) is 0. The van der Waals surface area contributed by atoms with Crippen LogP contribution < -0.4 is 10.6 Å². The Balaban J connectivity index is 2.90. The van der Waals surface area contributed by atoms with Crippen LogP contribution in [0.25, 0.3) is 0 Å². The molecule has 0 radical (unpaired) electrons. The van der Waals surface area contributed by atoms with Gasteiger partial charge in [0.25, 0.3) is 0 Å². The molecule has 2 N–H and O–H groups in total. The first-order valence-corrected chi connectivity index (χ1v) is 9.07. The molecule has 0 fully saturated rings. The smallest absolute Gasteiger partial charge is 0.0821 e. The molecule has 0 bridgehead atoms. The monoisotopic (exact) mass is 337 g/mol. The number of thioether (sulfide) groups is 1. The zero-order valence-corrected chi connectivity index (χ0v) is 15.7. The lowest BCUT2D eigenvalue weighted by Gasteiger charge is -2.27. The highest BCUT2D eigenvalue weighted by molar-refractivity contribution is 8.02. The summed E-state index contributed by atoms with van der Waals surface area (Å²) in [5.74, 6) is 1.53. The van der Waals surface area contributed by atoms with Gasteiger partial charge in [0.2, 0.25) is 0 Å². The van der Waals surface area contributed by atoms with Gasteiger partial charge in [-0.15, -0.1) is 11.8 Å². The summed E-state index contributed by atoms with van der Waals surface area (Å²) in [4.78, 5) is 4.76. The Bertz CT molecular complexity index is 504. The Kier molecular flexibility index (Phi) is 8.68. The van der Waals surface area contributed by atoms with Gasteiger partial charge in [-0.05, 0) is 50.6 Å². The lowest BCUT2D eigenvalue weighted by molar-refractivity contribution is 0.533. The van der Waals surface area contributed by atoms with Gasteiger partial charge in [-0.1, -0.05) is 24.7 Å². The first-order valence-electron chi connectivity index (χ1n) is 7.61. The molecule has 5 heteroatoms. The second-order valence-corrected chi connectivity index (χ2v) is 6.82. The van der Waals surface area contributed by atoms with Crippen LogP contribution in [-0.4, -0.2) is 38.0 Å². The van der Waals surface area contributed by atoms with Gasteiger partial charge in [-0.2, -0.15) is 0 Å². The maximum Gasteiger partial charge on any atom is 0.0821 e. The number of hydrogen-bond acceptors (Lipinski definition) is 5. The Labute approximate surface area is 144 Å². The van der Waals surface area contributed by atoms with Crippen molar-refractivity contribution in [1.82, 2.24) is 10.6 Å². The third-order valence-corrected chi connectivity index (χ3v) is 4.93. The molecule has 0 spiro atoms. The van der Waals surface area contributed by atoms with E-state index >= 15 is 0 Å². The van der Waals surface area contributed by atoms with Crippen molar-refractivity contribution in [3.05, 3.63) is 34.0 Å². The molecule has 1 rings (SSSR count). The first kappa shape index (κ1) is 19.1. The molecule has 0 saturated heterocycles. The van der Waals surface area contributed by atoms with Crippen molar-refractivity contribution in [1.29, 1.82) is 0 Å². The molecule has 3 nitrogen and oxygen atoms in total. The molecular formula is C17H27N3S2. The summed E-state index contributed by atoms with van der Waals surface area (Å²) in [5.41, 5.74) is 5.04. The predicted molar refractivity (Wildman–Crippen MR) is 105 cm³/mol. The second-order valence-electron chi connectivity index (χ2n) is 5.35. The van der Waals surface area contributed by atoms with Crippen molar-refractivity contribution in [2.75, 3.05) is 26.4 Å². The maximum absolute atomic E-state index is 5.16. The number of nitrogens with one attached hydrogen (secondary N) is 2. The highest BCUT2D eigenvalue weighted by Gasteiger charge is 2.20. The molecule has 0 aromatic carbocycles. The average molecular weight is 338 g/mol. The highest BCUT2D eigenvalue weighted by atomic mass is 32.2. The van der Waals surface area contributed by atoms with Gasteiger partial charge in [0.1, 0.15) is 0 Å². The third kappa shape index (κ3) is 5.38. The third-order valence-electron chi connectivity index (χ3n) is 3.85. The Morgan fingerprint density at radius 1 is 1.55 bits per heavy atom. The minimum atomic E-state index is 0.603. The van der Waals surface area contributed by atoms with E-state index in [-0.39, 0.29) is 0 Å². The van der Waals surface area contributed by atoms with Gasteiger partial charge in [0.15, 0.2) is 0 Å². The van der Waals surface area contributed by atoms with Crippen molar-refractivity contribution in [2.45, 2.75) is 26.7 Å². The molecule has 1 atom stereocenters. The van der Waals surface area contributed by atoms with E-state index in [0.29, 0.717) is 5.92 Å². The predicted octanol–water partition coefficient (Wildman–Crippen LogP) is 3.70. The Morgan fingerprint density at radius 3 is 2.77 bits per heavy atom. The quantitative estimate of drug-likeness (QED) is 0.382. The SMILES string of the molecule is C=N/C(=C\SCC1=C(CNC)CC(CC)C(NC)=C1)C(C)=S. The minimum Gasteiger partial charge on any atom is -0.391 e. The summed E-state index contributed by atoms with van der Waals surface area (Å²) >= 11 is 6.89. The molecule has 1 aliphatic carbocycles. The highest BCUT2D eigenvalue weighted by Crippen LogP contribution is 2.31. The van der Waals surface area contributed by atoms with Crippen molar-refractivity contribution in [2.24, 2.45) is 10.9 Å². The van der Waals surface area contributed by atoms with E-state index in [1.165, 1.54) is 16.8 Å². The number of hydrogen-bond donors (Lipinski definition) is 2. The van der Waals surface area contributed by atoms with Crippen LogP contribution in [0.4, 0.5) is 0 Å². The van der Waals surface area contributed by atoms with Crippen LogP contribution in [-0.2, 0) is 0 Å². The van der Waals surface area contributed by atoms with Crippen LogP contribution in [0.3, 0.4) is 0 Å². The van der Waals surface area contributed by atoms with Gasteiger partial charge >= 0.3 is 0 Å². The van der Waals surface area contributed by atoms with E-state index in [1.54, 1.807) is 11.8 Å². The molecule has 122 valence electrons. The molecule has 22 heavy (non-hydrogen) atoms. The lowest BCUT2D eigenvalue weighted by atomic mass is 9.85. The fourth-order valence-corrected chi connectivity index (χ4v) is 3.73. The number of aliphatic imine (C=N–C) groups is 1. The number of allylic oxidation sites excluding steroid dienone is 3. The van der Waals surface area contributed by atoms with Crippen LogP contribution >= 0.6 is 24.0 Å². The summed E-state index contributed by atoms with van der Waals surface area (Å²) in [7, 11) is 4.02.